The second-order valence-electron chi connectivity index (χ2n) is 5.79. The molecule has 29 heavy (non-hydrogen) atoms. The summed E-state index contributed by atoms with van der Waals surface area (Å²) in [7, 11) is 2.58. The first-order valence-corrected chi connectivity index (χ1v) is 8.29. The standard InChI is InChI=1S/C19H18N2O8/c1-11(17(22)20-14-5-4-6-16(10-14)27-2)29-19(24)13-7-12(18(23)28-3)8-15(9-13)21(25)26/h4-11H,1-3H3,(H,20,22)/t11-/m1/s1. The number of nitro benzene ring substituents is 1. The Morgan fingerprint density at radius 2 is 1.69 bits per heavy atom. The van der Waals surface area contributed by atoms with E-state index in [4.69, 9.17) is 9.47 Å². The van der Waals surface area contributed by atoms with Gasteiger partial charge in [-0.05, 0) is 25.1 Å². The summed E-state index contributed by atoms with van der Waals surface area (Å²) in [5.41, 5.74) is -0.517. The molecule has 10 heteroatoms. The van der Waals surface area contributed by atoms with Gasteiger partial charge in [-0.15, -0.1) is 0 Å². The van der Waals surface area contributed by atoms with Crippen LogP contribution in [0.5, 0.6) is 5.75 Å². The predicted octanol–water partition coefficient (Wildman–Crippen LogP) is 2.57. The summed E-state index contributed by atoms with van der Waals surface area (Å²) in [4.78, 5) is 46.6. The molecule has 0 saturated heterocycles. The van der Waals surface area contributed by atoms with Gasteiger partial charge in [-0.2, -0.15) is 0 Å². The highest BCUT2D eigenvalue weighted by Gasteiger charge is 2.23. The van der Waals surface area contributed by atoms with E-state index in [9.17, 15) is 24.5 Å². The van der Waals surface area contributed by atoms with Crippen LogP contribution in [0, 0.1) is 10.1 Å². The molecule has 1 N–H and O–H groups in total. The van der Waals surface area contributed by atoms with Gasteiger partial charge in [0, 0.05) is 23.9 Å². The number of non-ortho nitro benzene ring substituents is 1. The number of carbonyl (C=O) groups excluding carboxylic acids is 3. The average molecular weight is 402 g/mol. The molecule has 0 aliphatic rings. The van der Waals surface area contributed by atoms with E-state index in [1.54, 1.807) is 24.3 Å². The number of esters is 2. The molecule has 0 aliphatic heterocycles. The highest BCUT2D eigenvalue weighted by Crippen LogP contribution is 2.20. The number of nitrogens with zero attached hydrogens (tertiary/aromatic N) is 1. The molecule has 1 atom stereocenters. The van der Waals surface area contributed by atoms with Gasteiger partial charge in [-0.3, -0.25) is 14.9 Å². The first kappa shape index (κ1) is 21.4. The van der Waals surface area contributed by atoms with Crippen LogP contribution >= 0.6 is 0 Å². The molecule has 1 amide bonds. The van der Waals surface area contributed by atoms with Crippen molar-refractivity contribution in [1.29, 1.82) is 0 Å². The third-order valence-corrected chi connectivity index (χ3v) is 3.78. The molecule has 0 bridgehead atoms. The van der Waals surface area contributed by atoms with Gasteiger partial charge in [0.25, 0.3) is 11.6 Å². The number of amides is 1. The molecule has 2 rings (SSSR count). The smallest absolute Gasteiger partial charge is 0.339 e. The van der Waals surface area contributed by atoms with Crippen molar-refractivity contribution in [3.63, 3.8) is 0 Å². The number of methoxy groups -OCH3 is 2. The fraction of sp³-hybridized carbons (Fsp3) is 0.211. The number of anilines is 1. The lowest BCUT2D eigenvalue weighted by molar-refractivity contribution is -0.384. The van der Waals surface area contributed by atoms with Crippen molar-refractivity contribution in [2.75, 3.05) is 19.5 Å². The summed E-state index contributed by atoms with van der Waals surface area (Å²) in [6.07, 6.45) is -1.21. The molecule has 0 unspecified atom stereocenters. The normalized spacial score (nSPS) is 11.1. The molecule has 0 aromatic heterocycles. The molecule has 10 nitrogen and oxygen atoms in total. The van der Waals surface area contributed by atoms with Gasteiger partial charge in [0.15, 0.2) is 6.10 Å². The first-order chi connectivity index (χ1) is 13.7. The van der Waals surface area contributed by atoms with Gasteiger partial charge in [0.05, 0.1) is 30.3 Å². The lowest BCUT2D eigenvalue weighted by Crippen LogP contribution is -2.30. The Labute approximate surface area is 165 Å². The van der Waals surface area contributed by atoms with Crippen LogP contribution in [-0.4, -0.2) is 43.1 Å². The Morgan fingerprint density at radius 3 is 2.28 bits per heavy atom. The number of ether oxygens (including phenoxy) is 3. The fourth-order valence-electron chi connectivity index (χ4n) is 2.30. The number of benzene rings is 2. The molecular weight excluding hydrogens is 384 g/mol. The van der Waals surface area contributed by atoms with E-state index in [-0.39, 0.29) is 11.1 Å². The van der Waals surface area contributed by atoms with Crippen molar-refractivity contribution in [1.82, 2.24) is 0 Å². The van der Waals surface area contributed by atoms with Gasteiger partial charge in [0.1, 0.15) is 5.75 Å². The summed E-state index contributed by atoms with van der Waals surface area (Å²) in [6.45, 7) is 1.34. The zero-order valence-electron chi connectivity index (χ0n) is 15.8. The molecule has 0 fully saturated rings. The quantitative estimate of drug-likeness (QED) is 0.424. The summed E-state index contributed by atoms with van der Waals surface area (Å²) in [5.74, 6) is -1.96. The maximum Gasteiger partial charge on any atom is 0.339 e. The van der Waals surface area contributed by atoms with Crippen LogP contribution in [0.15, 0.2) is 42.5 Å². The Bertz CT molecular complexity index is 957. The molecular formula is C19H18N2O8. The third-order valence-electron chi connectivity index (χ3n) is 3.78. The van der Waals surface area contributed by atoms with E-state index in [1.165, 1.54) is 14.0 Å². The molecule has 2 aromatic rings. The highest BCUT2D eigenvalue weighted by molar-refractivity contribution is 5.99. The summed E-state index contributed by atoms with van der Waals surface area (Å²) >= 11 is 0. The van der Waals surface area contributed by atoms with Crippen LogP contribution in [0.25, 0.3) is 0 Å². The van der Waals surface area contributed by atoms with Crippen LogP contribution in [0.1, 0.15) is 27.6 Å². The van der Waals surface area contributed by atoms with Gasteiger partial charge in [-0.1, -0.05) is 6.07 Å². The number of nitrogens with one attached hydrogen (secondary N) is 1. The minimum atomic E-state index is -1.21. The van der Waals surface area contributed by atoms with E-state index >= 15 is 0 Å². The second kappa shape index (κ2) is 9.31. The monoisotopic (exact) mass is 402 g/mol. The molecule has 0 heterocycles. The topological polar surface area (TPSA) is 134 Å². The SMILES string of the molecule is COC(=O)c1cc(C(=O)O[C@H](C)C(=O)Nc2cccc(OC)c2)cc([N+](=O)[O-])c1. The number of hydrogen-bond acceptors (Lipinski definition) is 8. The molecule has 0 spiro atoms. The molecule has 0 saturated carbocycles. The van der Waals surface area contributed by atoms with Gasteiger partial charge >= 0.3 is 11.9 Å². The number of nitro groups is 1. The Hall–Kier alpha value is -3.95. The van der Waals surface area contributed by atoms with Crippen molar-refractivity contribution in [3.8, 4) is 5.75 Å². The van der Waals surface area contributed by atoms with Crippen molar-refractivity contribution >= 4 is 29.2 Å². The van der Waals surface area contributed by atoms with E-state index in [1.807, 2.05) is 0 Å². The molecule has 152 valence electrons. The Morgan fingerprint density at radius 1 is 1.03 bits per heavy atom. The number of carbonyl (C=O) groups is 3. The lowest BCUT2D eigenvalue weighted by Gasteiger charge is -2.14. The van der Waals surface area contributed by atoms with Crippen molar-refractivity contribution in [2.45, 2.75) is 13.0 Å². The van der Waals surface area contributed by atoms with Crippen molar-refractivity contribution < 1.29 is 33.5 Å². The van der Waals surface area contributed by atoms with Gasteiger partial charge in [-0.25, -0.2) is 9.59 Å². The van der Waals surface area contributed by atoms with E-state index < -0.39 is 34.6 Å². The lowest BCUT2D eigenvalue weighted by atomic mass is 10.1. The maximum absolute atomic E-state index is 12.4. The zero-order valence-corrected chi connectivity index (χ0v) is 15.8. The van der Waals surface area contributed by atoms with Crippen LogP contribution in [-0.2, 0) is 14.3 Å². The molecule has 0 radical (unpaired) electrons. The Kier molecular flexibility index (Phi) is 6.85. The van der Waals surface area contributed by atoms with E-state index in [0.29, 0.717) is 11.4 Å². The number of rotatable bonds is 7. The highest BCUT2D eigenvalue weighted by atomic mass is 16.6. The van der Waals surface area contributed by atoms with Crippen LogP contribution < -0.4 is 10.1 Å². The van der Waals surface area contributed by atoms with E-state index in [2.05, 4.69) is 10.1 Å². The average Bonchev–Trinajstić information content (AvgIpc) is 2.72. The zero-order chi connectivity index (χ0) is 21.6. The minimum Gasteiger partial charge on any atom is -0.497 e. The summed E-state index contributed by atoms with van der Waals surface area (Å²) < 4.78 is 14.7. The second-order valence-corrected chi connectivity index (χ2v) is 5.79. The van der Waals surface area contributed by atoms with Crippen LogP contribution in [0.4, 0.5) is 11.4 Å². The first-order valence-electron chi connectivity index (χ1n) is 8.29. The van der Waals surface area contributed by atoms with Crippen molar-refractivity contribution in [2.24, 2.45) is 0 Å². The molecule has 2 aromatic carbocycles. The summed E-state index contributed by atoms with van der Waals surface area (Å²) in [6, 6.07) is 9.58. The third kappa shape index (κ3) is 5.51. The van der Waals surface area contributed by atoms with Gasteiger partial charge in [0.2, 0.25) is 0 Å². The minimum absolute atomic E-state index is 0.192. The van der Waals surface area contributed by atoms with Crippen LogP contribution in [0.3, 0.4) is 0 Å². The van der Waals surface area contributed by atoms with E-state index in [0.717, 1.165) is 25.3 Å². The predicted molar refractivity (Wildman–Crippen MR) is 101 cm³/mol. The van der Waals surface area contributed by atoms with Crippen molar-refractivity contribution in [3.05, 3.63) is 63.7 Å². The maximum atomic E-state index is 12.4. The summed E-state index contributed by atoms with van der Waals surface area (Å²) in [5, 5.41) is 13.6. The number of hydrogen-bond donors (Lipinski definition) is 1. The van der Waals surface area contributed by atoms with Gasteiger partial charge < -0.3 is 19.5 Å². The molecule has 0 aliphatic carbocycles. The fourth-order valence-corrected chi connectivity index (χ4v) is 2.30. The Balaban J connectivity index is 2.15. The largest absolute Gasteiger partial charge is 0.497 e. The van der Waals surface area contributed by atoms with Crippen LogP contribution in [0.2, 0.25) is 0 Å².